The maximum Gasteiger partial charge on any atom is 0.276 e. The second kappa shape index (κ2) is 3.64. The SMILES string of the molecule is C[Si]12C(=O)CCN(CCC1=O)CCC2=O. The van der Waals surface area contributed by atoms with Gasteiger partial charge >= 0.3 is 0 Å². The molecular formula is C10H15NO3Si. The van der Waals surface area contributed by atoms with Gasteiger partial charge in [-0.2, -0.15) is 0 Å². The molecule has 0 aromatic heterocycles. The molecule has 0 amide bonds. The monoisotopic (exact) mass is 225 g/mol. The largest absolute Gasteiger partial charge is 0.304 e. The van der Waals surface area contributed by atoms with Crippen LogP contribution in [0.1, 0.15) is 19.3 Å². The first-order valence-electron chi connectivity index (χ1n) is 5.37. The Morgan fingerprint density at radius 1 is 0.867 bits per heavy atom. The van der Waals surface area contributed by atoms with Crippen LogP contribution in [0.5, 0.6) is 0 Å². The van der Waals surface area contributed by atoms with Crippen LogP contribution in [0, 0.1) is 0 Å². The van der Waals surface area contributed by atoms with Crippen molar-refractivity contribution in [1.82, 2.24) is 4.90 Å². The van der Waals surface area contributed by atoms with Crippen molar-refractivity contribution in [2.75, 3.05) is 19.6 Å². The Kier molecular flexibility index (Phi) is 2.60. The highest BCUT2D eigenvalue weighted by Crippen LogP contribution is 2.21. The van der Waals surface area contributed by atoms with Crippen molar-refractivity contribution in [2.45, 2.75) is 25.8 Å². The lowest BCUT2D eigenvalue weighted by atomic mass is 10.3. The van der Waals surface area contributed by atoms with Crippen molar-refractivity contribution < 1.29 is 14.4 Å². The van der Waals surface area contributed by atoms with Gasteiger partial charge in [0.1, 0.15) is 16.2 Å². The summed E-state index contributed by atoms with van der Waals surface area (Å²) in [6, 6.07) is 0. The molecule has 3 aliphatic heterocycles. The van der Waals surface area contributed by atoms with Crippen molar-refractivity contribution in [3.63, 3.8) is 0 Å². The van der Waals surface area contributed by atoms with Crippen LogP contribution in [0.4, 0.5) is 0 Å². The molecule has 3 aliphatic rings. The Balaban J connectivity index is 2.42. The van der Waals surface area contributed by atoms with E-state index in [1.54, 1.807) is 6.55 Å². The second-order valence-electron chi connectivity index (χ2n) is 4.49. The number of nitrogens with zero attached hydrogens (tertiary/aromatic N) is 1. The summed E-state index contributed by atoms with van der Waals surface area (Å²) < 4.78 is 0. The molecule has 4 nitrogen and oxygen atoms in total. The standard InChI is InChI=1S/C10H15NO3Si/c1-15-8(12)2-5-11(6-3-9(15)13)7-4-10(15)14/h2-7H2,1H3. The van der Waals surface area contributed by atoms with E-state index in [-0.39, 0.29) is 16.2 Å². The highest BCUT2D eigenvalue weighted by molar-refractivity contribution is 7.40. The van der Waals surface area contributed by atoms with E-state index in [1.807, 2.05) is 0 Å². The predicted molar refractivity (Wildman–Crippen MR) is 56.9 cm³/mol. The van der Waals surface area contributed by atoms with E-state index in [2.05, 4.69) is 4.90 Å². The van der Waals surface area contributed by atoms with E-state index in [1.165, 1.54) is 0 Å². The first-order chi connectivity index (χ1) is 7.05. The molecule has 2 bridgehead atoms. The van der Waals surface area contributed by atoms with Gasteiger partial charge in [0.2, 0.25) is 0 Å². The van der Waals surface area contributed by atoms with Crippen LogP contribution < -0.4 is 0 Å². The van der Waals surface area contributed by atoms with Crippen LogP contribution in [0.3, 0.4) is 0 Å². The summed E-state index contributed by atoms with van der Waals surface area (Å²) in [5.74, 6) is 0. The minimum atomic E-state index is -2.93. The molecule has 0 aromatic rings. The first-order valence-corrected chi connectivity index (χ1v) is 7.87. The Bertz CT molecular complexity index is 289. The first kappa shape index (κ1) is 10.7. The molecule has 15 heavy (non-hydrogen) atoms. The van der Waals surface area contributed by atoms with Gasteiger partial charge in [-0.3, -0.25) is 0 Å². The summed E-state index contributed by atoms with van der Waals surface area (Å²) in [6.07, 6.45) is 1.17. The van der Waals surface area contributed by atoms with E-state index >= 15 is 0 Å². The lowest BCUT2D eigenvalue weighted by Gasteiger charge is -2.33. The molecule has 0 N–H and O–H groups in total. The van der Waals surface area contributed by atoms with Crippen LogP contribution in [0.25, 0.3) is 0 Å². The fraction of sp³-hybridized carbons (Fsp3) is 0.700. The molecule has 3 fully saturated rings. The third-order valence-electron chi connectivity index (χ3n) is 3.64. The van der Waals surface area contributed by atoms with Crippen molar-refractivity contribution in [3.8, 4) is 0 Å². The van der Waals surface area contributed by atoms with Crippen molar-refractivity contribution in [3.05, 3.63) is 0 Å². The molecule has 0 spiro atoms. The van der Waals surface area contributed by atoms with E-state index < -0.39 is 8.07 Å². The van der Waals surface area contributed by atoms with Crippen molar-refractivity contribution in [2.24, 2.45) is 0 Å². The predicted octanol–water partition coefficient (Wildman–Crippen LogP) is -0.111. The number of rotatable bonds is 0. The zero-order valence-corrected chi connectivity index (χ0v) is 9.91. The zero-order valence-electron chi connectivity index (χ0n) is 8.91. The fourth-order valence-electron chi connectivity index (χ4n) is 2.33. The third-order valence-corrected chi connectivity index (χ3v) is 7.73. The number of carbonyl (C=O) groups is 3. The minimum Gasteiger partial charge on any atom is -0.304 e. The maximum atomic E-state index is 11.9. The van der Waals surface area contributed by atoms with Crippen LogP contribution in [0.2, 0.25) is 6.55 Å². The van der Waals surface area contributed by atoms with E-state index in [0.29, 0.717) is 19.3 Å². The highest BCUT2D eigenvalue weighted by Gasteiger charge is 2.51. The number of carbonyl (C=O) groups excluding carboxylic acids is 3. The molecule has 0 atom stereocenters. The lowest BCUT2D eigenvalue weighted by Crippen LogP contribution is -2.61. The van der Waals surface area contributed by atoms with E-state index in [4.69, 9.17) is 0 Å². The van der Waals surface area contributed by atoms with Crippen LogP contribution in [0.15, 0.2) is 0 Å². The van der Waals surface area contributed by atoms with Gasteiger partial charge in [-0.15, -0.1) is 0 Å². The molecule has 3 rings (SSSR count). The molecule has 82 valence electrons. The molecular weight excluding hydrogens is 210 g/mol. The summed E-state index contributed by atoms with van der Waals surface area (Å²) in [7, 11) is -2.93. The number of hydrogen-bond donors (Lipinski definition) is 0. The molecule has 3 heterocycles. The summed E-state index contributed by atoms with van der Waals surface area (Å²) in [5, 5.41) is -0.161. The van der Waals surface area contributed by atoms with Gasteiger partial charge in [0.25, 0.3) is 8.07 Å². The Hall–Kier alpha value is -0.813. The zero-order chi connectivity index (χ0) is 11.1. The van der Waals surface area contributed by atoms with Crippen LogP contribution >= 0.6 is 0 Å². The van der Waals surface area contributed by atoms with Crippen LogP contribution in [-0.4, -0.2) is 48.8 Å². The maximum absolute atomic E-state index is 11.9. The van der Waals surface area contributed by atoms with Crippen molar-refractivity contribution in [1.29, 1.82) is 0 Å². The van der Waals surface area contributed by atoms with E-state index in [0.717, 1.165) is 19.6 Å². The Morgan fingerprint density at radius 2 is 1.20 bits per heavy atom. The normalized spacial score (nSPS) is 37.4. The lowest BCUT2D eigenvalue weighted by molar-refractivity contribution is -0.122. The van der Waals surface area contributed by atoms with Gasteiger partial charge in [-0.1, -0.05) is 0 Å². The summed E-state index contributed by atoms with van der Waals surface area (Å²) in [5.41, 5.74) is 0. The average molecular weight is 225 g/mol. The average Bonchev–Trinajstić information content (AvgIpc) is 2.22. The topological polar surface area (TPSA) is 54.5 Å². The minimum absolute atomic E-state index is 0.0538. The number of hydrogen-bond acceptors (Lipinski definition) is 4. The Morgan fingerprint density at radius 3 is 1.53 bits per heavy atom. The molecule has 3 saturated heterocycles. The Labute approximate surface area is 89.6 Å². The highest BCUT2D eigenvalue weighted by atomic mass is 28.3. The van der Waals surface area contributed by atoms with Gasteiger partial charge in [0.05, 0.1) is 0 Å². The van der Waals surface area contributed by atoms with Gasteiger partial charge < -0.3 is 19.3 Å². The molecule has 0 aromatic carbocycles. The fourth-order valence-corrected chi connectivity index (χ4v) is 5.10. The molecule has 5 heteroatoms. The summed E-state index contributed by atoms with van der Waals surface area (Å²) in [4.78, 5) is 37.8. The molecule has 0 unspecified atom stereocenters. The molecule has 0 aliphatic carbocycles. The molecule has 0 radical (unpaired) electrons. The van der Waals surface area contributed by atoms with Gasteiger partial charge in [-0.25, -0.2) is 0 Å². The quantitative estimate of drug-likeness (QED) is 0.540. The van der Waals surface area contributed by atoms with Gasteiger partial charge in [-0.05, 0) is 6.55 Å². The van der Waals surface area contributed by atoms with Gasteiger partial charge in [0, 0.05) is 38.9 Å². The summed E-state index contributed by atoms with van der Waals surface area (Å²) in [6.45, 7) is 3.83. The van der Waals surface area contributed by atoms with Crippen LogP contribution in [-0.2, 0) is 14.4 Å². The second-order valence-corrected chi connectivity index (χ2v) is 8.41. The smallest absolute Gasteiger partial charge is 0.276 e. The van der Waals surface area contributed by atoms with E-state index in [9.17, 15) is 14.4 Å². The third kappa shape index (κ3) is 1.59. The molecule has 0 saturated carbocycles. The van der Waals surface area contributed by atoms with Gasteiger partial charge in [0.15, 0.2) is 0 Å². The summed E-state index contributed by atoms with van der Waals surface area (Å²) >= 11 is 0. The van der Waals surface area contributed by atoms with Crippen molar-refractivity contribution >= 4 is 24.3 Å². The number of fused-ring (bicyclic) bond motifs is 6.